The van der Waals surface area contributed by atoms with E-state index in [2.05, 4.69) is 62.1 Å². The molecular formula is C28H40. The van der Waals surface area contributed by atoms with Gasteiger partial charge in [0, 0.05) is 5.56 Å². The molecule has 0 amide bonds. The number of benzene rings is 1. The molecule has 0 bridgehead atoms. The summed E-state index contributed by atoms with van der Waals surface area (Å²) in [5.41, 5.74) is 2.68. The first-order valence-corrected chi connectivity index (χ1v) is 12.0. The second kappa shape index (κ2) is 11.5. The van der Waals surface area contributed by atoms with Crippen molar-refractivity contribution in [2.24, 2.45) is 17.8 Å². The van der Waals surface area contributed by atoms with E-state index < -0.39 is 0 Å². The van der Waals surface area contributed by atoms with E-state index in [1.807, 2.05) is 0 Å². The molecule has 0 saturated heterocycles. The highest BCUT2D eigenvalue weighted by atomic mass is 14.3. The van der Waals surface area contributed by atoms with Gasteiger partial charge in [-0.2, -0.15) is 0 Å². The van der Waals surface area contributed by atoms with E-state index in [1.54, 1.807) is 0 Å². The summed E-state index contributed by atoms with van der Waals surface area (Å²) in [5, 5.41) is 0. The van der Waals surface area contributed by atoms with Crippen LogP contribution in [0.15, 0.2) is 36.4 Å². The molecule has 0 nitrogen and oxygen atoms in total. The highest BCUT2D eigenvalue weighted by Gasteiger charge is 2.21. The van der Waals surface area contributed by atoms with Crippen molar-refractivity contribution in [3.8, 4) is 11.8 Å². The first kappa shape index (κ1) is 21.2. The van der Waals surface area contributed by atoms with Crippen LogP contribution in [-0.2, 0) is 0 Å². The second-order valence-corrected chi connectivity index (χ2v) is 9.48. The van der Waals surface area contributed by atoms with E-state index in [9.17, 15) is 0 Å². The van der Waals surface area contributed by atoms with Crippen LogP contribution in [0.1, 0.15) is 108 Å². The predicted molar refractivity (Wildman–Crippen MR) is 122 cm³/mol. The average molecular weight is 377 g/mol. The van der Waals surface area contributed by atoms with Crippen molar-refractivity contribution in [1.82, 2.24) is 0 Å². The number of hydrogen-bond donors (Lipinski definition) is 0. The third kappa shape index (κ3) is 6.84. The van der Waals surface area contributed by atoms with Gasteiger partial charge in [0.1, 0.15) is 0 Å². The van der Waals surface area contributed by atoms with Gasteiger partial charge in [0.15, 0.2) is 0 Å². The minimum Gasteiger partial charge on any atom is -0.0730 e. The lowest BCUT2D eigenvalue weighted by atomic mass is 9.77. The lowest BCUT2D eigenvalue weighted by Crippen LogP contribution is -2.13. The van der Waals surface area contributed by atoms with E-state index in [4.69, 9.17) is 0 Å². The standard InChI is InChI=1S/C28H40/c1-3-4-5-8-25-15-19-27(20-16-25)28-21-17-26(18-22-28)10-7-6-9-24-13-11-23(2)12-14-24/h6,9,17-18,21-25,27H,3-5,8,11-16,19-20H2,1-2H3/b9-6+/t23-,24-,25-,27-. The van der Waals surface area contributed by atoms with E-state index in [0.717, 1.165) is 29.2 Å². The molecule has 0 aromatic heterocycles. The van der Waals surface area contributed by atoms with Crippen LogP contribution in [0.4, 0.5) is 0 Å². The fourth-order valence-corrected chi connectivity index (χ4v) is 5.09. The smallest absolute Gasteiger partial charge is 0.0249 e. The van der Waals surface area contributed by atoms with Crippen LogP contribution in [0.5, 0.6) is 0 Å². The first-order valence-electron chi connectivity index (χ1n) is 12.0. The van der Waals surface area contributed by atoms with Gasteiger partial charge >= 0.3 is 0 Å². The summed E-state index contributed by atoms with van der Waals surface area (Å²) in [4.78, 5) is 0. The zero-order chi connectivity index (χ0) is 19.6. The maximum atomic E-state index is 3.32. The molecule has 2 aliphatic carbocycles. The van der Waals surface area contributed by atoms with E-state index in [0.29, 0.717) is 0 Å². The minimum absolute atomic E-state index is 0.755. The normalized spacial score (nSPS) is 28.1. The molecule has 0 spiro atoms. The molecule has 3 rings (SSSR count). The van der Waals surface area contributed by atoms with Crippen molar-refractivity contribution in [2.75, 3.05) is 0 Å². The summed E-state index contributed by atoms with van der Waals surface area (Å²) in [6.07, 6.45) is 21.2. The van der Waals surface area contributed by atoms with Gasteiger partial charge in [-0.15, -0.1) is 0 Å². The molecule has 152 valence electrons. The summed E-state index contributed by atoms with van der Waals surface area (Å²) in [5.74, 6) is 10.0. The van der Waals surface area contributed by atoms with Crippen molar-refractivity contribution in [3.05, 3.63) is 47.5 Å². The molecule has 28 heavy (non-hydrogen) atoms. The molecule has 0 aliphatic heterocycles. The summed E-state index contributed by atoms with van der Waals surface area (Å²) in [6.45, 7) is 4.68. The van der Waals surface area contributed by atoms with Crippen molar-refractivity contribution < 1.29 is 0 Å². The summed E-state index contributed by atoms with van der Waals surface area (Å²) >= 11 is 0. The Bertz CT molecular complexity index is 638. The van der Waals surface area contributed by atoms with Crippen molar-refractivity contribution in [2.45, 2.75) is 96.8 Å². The SMILES string of the molecule is CCCCC[C@H]1CC[C@H](c2ccc(C#C/C=C/[C@H]3CC[C@H](C)CC3)cc2)CC1. The van der Waals surface area contributed by atoms with Crippen LogP contribution in [-0.4, -0.2) is 0 Å². The van der Waals surface area contributed by atoms with Crippen LogP contribution in [0.25, 0.3) is 0 Å². The Kier molecular flexibility index (Phi) is 8.72. The van der Waals surface area contributed by atoms with Crippen LogP contribution < -0.4 is 0 Å². The molecule has 0 heteroatoms. The molecule has 2 fully saturated rings. The van der Waals surface area contributed by atoms with E-state index in [-0.39, 0.29) is 0 Å². The quantitative estimate of drug-likeness (QED) is 0.346. The van der Waals surface area contributed by atoms with Crippen molar-refractivity contribution in [3.63, 3.8) is 0 Å². The van der Waals surface area contributed by atoms with Gasteiger partial charge in [-0.3, -0.25) is 0 Å². The monoisotopic (exact) mass is 376 g/mol. The van der Waals surface area contributed by atoms with Crippen LogP contribution in [0, 0.1) is 29.6 Å². The summed E-state index contributed by atoms with van der Waals surface area (Å²) in [6, 6.07) is 9.12. The fraction of sp³-hybridized carbons (Fsp3) is 0.643. The molecule has 0 radical (unpaired) electrons. The zero-order valence-corrected chi connectivity index (χ0v) is 18.3. The summed E-state index contributed by atoms with van der Waals surface area (Å²) < 4.78 is 0. The Balaban J connectivity index is 1.43. The third-order valence-electron chi connectivity index (χ3n) is 7.17. The highest BCUT2D eigenvalue weighted by molar-refractivity contribution is 5.39. The van der Waals surface area contributed by atoms with E-state index in [1.165, 1.54) is 82.6 Å². The third-order valence-corrected chi connectivity index (χ3v) is 7.17. The Morgan fingerprint density at radius 3 is 2.29 bits per heavy atom. The van der Waals surface area contributed by atoms with E-state index >= 15 is 0 Å². The Hall–Kier alpha value is -1.48. The topological polar surface area (TPSA) is 0 Å². The lowest BCUT2D eigenvalue weighted by molar-refractivity contribution is 0.303. The molecule has 2 aliphatic rings. The Morgan fingerprint density at radius 1 is 0.893 bits per heavy atom. The molecule has 0 N–H and O–H groups in total. The molecule has 1 aromatic rings. The van der Waals surface area contributed by atoms with Gasteiger partial charge < -0.3 is 0 Å². The maximum absolute atomic E-state index is 3.32. The van der Waals surface area contributed by atoms with Crippen LogP contribution in [0.3, 0.4) is 0 Å². The van der Waals surface area contributed by atoms with Crippen LogP contribution >= 0.6 is 0 Å². The number of rotatable bonds is 6. The molecular weight excluding hydrogens is 336 g/mol. The van der Waals surface area contributed by atoms with Gasteiger partial charge in [0.2, 0.25) is 0 Å². The van der Waals surface area contributed by atoms with Crippen molar-refractivity contribution >= 4 is 0 Å². The van der Waals surface area contributed by atoms with Crippen molar-refractivity contribution in [1.29, 1.82) is 0 Å². The largest absolute Gasteiger partial charge is 0.0730 e. The summed E-state index contributed by atoms with van der Waals surface area (Å²) in [7, 11) is 0. The minimum atomic E-state index is 0.755. The van der Waals surface area contributed by atoms with Gasteiger partial charge in [-0.25, -0.2) is 0 Å². The molecule has 2 saturated carbocycles. The Morgan fingerprint density at radius 2 is 1.61 bits per heavy atom. The number of hydrogen-bond acceptors (Lipinski definition) is 0. The average Bonchev–Trinajstić information content (AvgIpc) is 2.74. The molecule has 1 aromatic carbocycles. The Labute approximate surface area is 174 Å². The zero-order valence-electron chi connectivity index (χ0n) is 18.3. The van der Waals surface area contributed by atoms with Crippen LogP contribution in [0.2, 0.25) is 0 Å². The fourth-order valence-electron chi connectivity index (χ4n) is 5.09. The molecule has 0 unspecified atom stereocenters. The second-order valence-electron chi connectivity index (χ2n) is 9.48. The predicted octanol–water partition coefficient (Wildman–Crippen LogP) is 8.27. The van der Waals surface area contributed by atoms with Gasteiger partial charge in [0.25, 0.3) is 0 Å². The molecule has 0 atom stereocenters. The maximum Gasteiger partial charge on any atom is 0.0249 e. The number of allylic oxidation sites excluding steroid dienone is 2. The lowest BCUT2D eigenvalue weighted by Gasteiger charge is -2.29. The van der Waals surface area contributed by atoms with Gasteiger partial charge in [0.05, 0.1) is 0 Å². The van der Waals surface area contributed by atoms with Gasteiger partial charge in [-0.05, 0) is 86.0 Å². The number of unbranched alkanes of at least 4 members (excludes halogenated alkanes) is 2. The molecule has 0 heterocycles. The van der Waals surface area contributed by atoms with Gasteiger partial charge in [-0.1, -0.05) is 82.4 Å². The first-order chi connectivity index (χ1) is 13.7. The highest BCUT2D eigenvalue weighted by Crippen LogP contribution is 2.37.